The molecule has 1 aliphatic heterocycles. The van der Waals surface area contributed by atoms with Gasteiger partial charge in [0.15, 0.2) is 0 Å². The molecule has 2 unspecified atom stereocenters. The van der Waals surface area contributed by atoms with Crippen molar-refractivity contribution in [2.75, 3.05) is 13.2 Å². The van der Waals surface area contributed by atoms with Gasteiger partial charge in [0.05, 0.1) is 12.0 Å². The van der Waals surface area contributed by atoms with Crippen molar-refractivity contribution in [3.8, 4) is 5.75 Å². The lowest BCUT2D eigenvalue weighted by molar-refractivity contribution is -0.126. The van der Waals surface area contributed by atoms with Gasteiger partial charge in [0.2, 0.25) is 5.91 Å². The molecule has 4 nitrogen and oxygen atoms in total. The largest absolute Gasteiger partial charge is 0.492 e. The van der Waals surface area contributed by atoms with E-state index in [9.17, 15) is 9.90 Å². The molecule has 1 aromatic rings. The van der Waals surface area contributed by atoms with Crippen molar-refractivity contribution < 1.29 is 14.6 Å². The Morgan fingerprint density at radius 2 is 2.10 bits per heavy atom. The fraction of sp³-hybridized carbons (Fsp3) is 0.588. The van der Waals surface area contributed by atoms with Crippen molar-refractivity contribution in [1.29, 1.82) is 0 Å². The minimum Gasteiger partial charge on any atom is -0.492 e. The first kappa shape index (κ1) is 15.8. The molecule has 2 atom stereocenters. The minimum atomic E-state index is -0.472. The Morgan fingerprint density at radius 1 is 1.38 bits per heavy atom. The van der Waals surface area contributed by atoms with E-state index in [0.29, 0.717) is 19.6 Å². The van der Waals surface area contributed by atoms with Crippen LogP contribution >= 0.6 is 0 Å². The SMILES string of the molecule is CCC(CC)C(O)CNC(=O)C1COc2ccccc2C1. The highest BCUT2D eigenvalue weighted by Crippen LogP contribution is 2.26. The number of carbonyl (C=O) groups excluding carboxylic acids is 1. The van der Waals surface area contributed by atoms with E-state index in [1.807, 2.05) is 24.3 Å². The van der Waals surface area contributed by atoms with E-state index in [1.165, 1.54) is 0 Å². The molecule has 0 saturated heterocycles. The van der Waals surface area contributed by atoms with Crippen LogP contribution in [0.15, 0.2) is 24.3 Å². The highest BCUT2D eigenvalue weighted by molar-refractivity contribution is 5.79. The van der Waals surface area contributed by atoms with E-state index in [-0.39, 0.29) is 17.7 Å². The summed E-state index contributed by atoms with van der Waals surface area (Å²) in [4.78, 5) is 12.2. The number of benzene rings is 1. The second-order valence-corrected chi connectivity index (χ2v) is 5.71. The molecule has 0 aromatic heterocycles. The zero-order valence-electron chi connectivity index (χ0n) is 12.8. The van der Waals surface area contributed by atoms with E-state index in [4.69, 9.17) is 4.74 Å². The lowest BCUT2D eigenvalue weighted by atomic mass is 9.94. The summed E-state index contributed by atoms with van der Waals surface area (Å²) in [5, 5.41) is 12.9. The number of aliphatic hydroxyl groups is 1. The number of aliphatic hydroxyl groups excluding tert-OH is 1. The van der Waals surface area contributed by atoms with Crippen molar-refractivity contribution in [2.24, 2.45) is 11.8 Å². The molecule has 1 aromatic carbocycles. The number of fused-ring (bicyclic) bond motifs is 1. The van der Waals surface area contributed by atoms with E-state index in [0.717, 1.165) is 24.2 Å². The predicted molar refractivity (Wildman–Crippen MR) is 82.2 cm³/mol. The standard InChI is InChI=1S/C17H25NO3/c1-3-12(4-2)15(19)10-18-17(20)14-9-13-7-5-6-8-16(13)21-11-14/h5-8,12,14-15,19H,3-4,9-11H2,1-2H3,(H,18,20). The number of ether oxygens (including phenoxy) is 1. The smallest absolute Gasteiger partial charge is 0.226 e. The van der Waals surface area contributed by atoms with Gasteiger partial charge in [-0.05, 0) is 24.0 Å². The quantitative estimate of drug-likeness (QED) is 0.844. The normalized spacial score (nSPS) is 18.8. The summed E-state index contributed by atoms with van der Waals surface area (Å²) in [6.07, 6.45) is 2.07. The molecular weight excluding hydrogens is 266 g/mol. The second-order valence-electron chi connectivity index (χ2n) is 5.71. The van der Waals surface area contributed by atoms with Crippen molar-refractivity contribution >= 4 is 5.91 Å². The number of amides is 1. The van der Waals surface area contributed by atoms with Gasteiger partial charge < -0.3 is 15.2 Å². The molecule has 0 aliphatic carbocycles. The predicted octanol–water partition coefficient (Wildman–Crippen LogP) is 2.15. The number of carbonyl (C=O) groups is 1. The highest BCUT2D eigenvalue weighted by atomic mass is 16.5. The van der Waals surface area contributed by atoms with Gasteiger partial charge in [-0.25, -0.2) is 0 Å². The number of hydrogen-bond acceptors (Lipinski definition) is 3. The highest BCUT2D eigenvalue weighted by Gasteiger charge is 2.26. The van der Waals surface area contributed by atoms with Gasteiger partial charge in [-0.3, -0.25) is 4.79 Å². The van der Waals surface area contributed by atoms with E-state index >= 15 is 0 Å². The Morgan fingerprint density at radius 3 is 2.81 bits per heavy atom. The molecule has 0 fully saturated rings. The molecule has 116 valence electrons. The van der Waals surface area contributed by atoms with Crippen LogP contribution in [0.3, 0.4) is 0 Å². The molecule has 0 bridgehead atoms. The van der Waals surface area contributed by atoms with Gasteiger partial charge in [-0.2, -0.15) is 0 Å². The maximum absolute atomic E-state index is 12.2. The summed E-state index contributed by atoms with van der Waals surface area (Å²) in [7, 11) is 0. The average Bonchev–Trinajstić information content (AvgIpc) is 2.53. The topological polar surface area (TPSA) is 58.6 Å². The molecule has 1 amide bonds. The summed E-state index contributed by atoms with van der Waals surface area (Å²) in [5.74, 6) is 0.913. The van der Waals surface area contributed by atoms with Crippen molar-refractivity contribution in [3.05, 3.63) is 29.8 Å². The van der Waals surface area contributed by atoms with Crippen LogP contribution in [0.5, 0.6) is 5.75 Å². The monoisotopic (exact) mass is 291 g/mol. The van der Waals surface area contributed by atoms with E-state index in [1.54, 1.807) is 0 Å². The summed E-state index contributed by atoms with van der Waals surface area (Å²) in [6, 6.07) is 7.82. The zero-order valence-corrected chi connectivity index (χ0v) is 12.8. The van der Waals surface area contributed by atoms with Crippen LogP contribution in [0.25, 0.3) is 0 Å². The van der Waals surface area contributed by atoms with Gasteiger partial charge in [0, 0.05) is 6.54 Å². The molecule has 4 heteroatoms. The zero-order chi connectivity index (χ0) is 15.2. The summed E-state index contributed by atoms with van der Waals surface area (Å²) in [5.41, 5.74) is 1.07. The lowest BCUT2D eigenvalue weighted by Gasteiger charge is -2.26. The van der Waals surface area contributed by atoms with Crippen molar-refractivity contribution in [2.45, 2.75) is 39.2 Å². The fourth-order valence-electron chi connectivity index (χ4n) is 2.85. The Kier molecular flexibility index (Phi) is 5.62. The van der Waals surface area contributed by atoms with E-state index in [2.05, 4.69) is 19.2 Å². The second kappa shape index (κ2) is 7.46. The van der Waals surface area contributed by atoms with Gasteiger partial charge in [0.25, 0.3) is 0 Å². The lowest BCUT2D eigenvalue weighted by Crippen LogP contribution is -2.42. The molecule has 0 spiro atoms. The number of hydrogen-bond donors (Lipinski definition) is 2. The first-order valence-corrected chi connectivity index (χ1v) is 7.82. The van der Waals surface area contributed by atoms with Crippen molar-refractivity contribution in [1.82, 2.24) is 5.32 Å². The van der Waals surface area contributed by atoms with Gasteiger partial charge in [-0.15, -0.1) is 0 Å². The Hall–Kier alpha value is -1.55. The fourth-order valence-corrected chi connectivity index (χ4v) is 2.85. The van der Waals surface area contributed by atoms with Crippen LogP contribution in [-0.2, 0) is 11.2 Å². The third kappa shape index (κ3) is 3.97. The molecule has 2 rings (SSSR count). The average molecular weight is 291 g/mol. The molecular formula is C17H25NO3. The molecule has 2 N–H and O–H groups in total. The van der Waals surface area contributed by atoms with Crippen LogP contribution in [-0.4, -0.2) is 30.3 Å². The number of rotatable bonds is 6. The third-order valence-electron chi connectivity index (χ3n) is 4.33. The number of nitrogens with one attached hydrogen (secondary N) is 1. The Balaban J connectivity index is 1.85. The van der Waals surface area contributed by atoms with Crippen LogP contribution in [0.1, 0.15) is 32.3 Å². The summed E-state index contributed by atoms with van der Waals surface area (Å²) >= 11 is 0. The van der Waals surface area contributed by atoms with Gasteiger partial charge >= 0.3 is 0 Å². The van der Waals surface area contributed by atoms with Crippen LogP contribution in [0.2, 0.25) is 0 Å². The Bertz CT molecular complexity index is 471. The summed E-state index contributed by atoms with van der Waals surface area (Å²) in [6.45, 7) is 4.85. The minimum absolute atomic E-state index is 0.0329. The molecule has 1 aliphatic rings. The molecule has 21 heavy (non-hydrogen) atoms. The third-order valence-corrected chi connectivity index (χ3v) is 4.33. The van der Waals surface area contributed by atoms with Crippen LogP contribution < -0.4 is 10.1 Å². The molecule has 0 saturated carbocycles. The van der Waals surface area contributed by atoms with Crippen molar-refractivity contribution in [3.63, 3.8) is 0 Å². The summed E-state index contributed by atoms with van der Waals surface area (Å²) < 4.78 is 5.63. The van der Waals surface area contributed by atoms with Crippen LogP contribution in [0, 0.1) is 11.8 Å². The first-order valence-electron chi connectivity index (χ1n) is 7.82. The van der Waals surface area contributed by atoms with Crippen LogP contribution in [0.4, 0.5) is 0 Å². The molecule has 1 heterocycles. The van der Waals surface area contributed by atoms with Gasteiger partial charge in [-0.1, -0.05) is 44.9 Å². The first-order chi connectivity index (χ1) is 10.2. The number of para-hydroxylation sites is 1. The van der Waals surface area contributed by atoms with E-state index < -0.39 is 6.10 Å². The Labute approximate surface area is 126 Å². The maximum atomic E-state index is 12.2. The maximum Gasteiger partial charge on any atom is 0.226 e. The molecule has 0 radical (unpaired) electrons. The van der Waals surface area contributed by atoms with Gasteiger partial charge in [0.1, 0.15) is 12.4 Å².